The van der Waals surface area contributed by atoms with Gasteiger partial charge in [0, 0.05) is 18.8 Å². The molecule has 18 heteroatoms. The third-order valence-corrected chi connectivity index (χ3v) is 9.08. The van der Waals surface area contributed by atoms with E-state index < -0.39 is 77.0 Å². The van der Waals surface area contributed by atoms with Crippen molar-refractivity contribution in [2.75, 3.05) is 35.0 Å². The summed E-state index contributed by atoms with van der Waals surface area (Å²) in [6, 6.07) is 4.98. The molecule has 2 heterocycles. The molecule has 0 aliphatic carbocycles. The van der Waals surface area contributed by atoms with Gasteiger partial charge in [-0.1, -0.05) is 24.6 Å². The summed E-state index contributed by atoms with van der Waals surface area (Å²) in [5.74, 6) is -1.23. The van der Waals surface area contributed by atoms with E-state index in [-0.39, 0.29) is 48.5 Å². The second-order valence-corrected chi connectivity index (χ2v) is 14.4. The van der Waals surface area contributed by atoms with Crippen LogP contribution in [-0.4, -0.2) is 66.8 Å². The maximum absolute atomic E-state index is 13.8. The molecule has 1 aromatic heterocycles. The minimum atomic E-state index is -5.09. The molecule has 0 saturated carbocycles. The van der Waals surface area contributed by atoms with Crippen LogP contribution in [0.1, 0.15) is 66.5 Å². The molecule has 4 rings (SSSR count). The normalized spacial score (nSPS) is 16.4. The number of anilines is 2. The van der Waals surface area contributed by atoms with Crippen LogP contribution in [0.4, 0.5) is 42.8 Å². The van der Waals surface area contributed by atoms with Gasteiger partial charge in [-0.2, -0.15) is 26.3 Å². The minimum absolute atomic E-state index is 0.00972. The molecule has 1 aliphatic rings. The molecule has 1 N–H and O–H groups in total. The Hall–Kier alpha value is -4.61. The Morgan fingerprint density at radius 2 is 1.63 bits per heavy atom. The molecular weight excluding hydrogens is 710 g/mol. The first-order valence-corrected chi connectivity index (χ1v) is 17.8. The molecule has 2 aromatic carbocycles. The molecule has 0 fully saturated rings. The lowest BCUT2D eigenvalue weighted by Gasteiger charge is -2.44. The summed E-state index contributed by atoms with van der Waals surface area (Å²) in [5.41, 5.74) is -1.77. The summed E-state index contributed by atoms with van der Waals surface area (Å²) in [5, 5.41) is 9.00. The number of carbonyl (C=O) groups is 2. The van der Waals surface area contributed by atoms with Crippen molar-refractivity contribution < 1.29 is 58.9 Å². The predicted octanol–water partition coefficient (Wildman–Crippen LogP) is 6.98. The van der Waals surface area contributed by atoms with Crippen molar-refractivity contribution in [3.8, 4) is 5.75 Å². The van der Waals surface area contributed by atoms with Gasteiger partial charge in [0.1, 0.15) is 16.4 Å². The number of halogens is 6. The Kier molecular flexibility index (Phi) is 12.1. The predicted molar refractivity (Wildman–Crippen MR) is 173 cm³/mol. The van der Waals surface area contributed by atoms with E-state index in [1.807, 2.05) is 0 Å². The molecule has 0 radical (unpaired) electrons. The number of carbonyl (C=O) groups excluding carboxylic acids is 1. The van der Waals surface area contributed by atoms with Crippen molar-refractivity contribution in [3.05, 3.63) is 76.6 Å². The lowest BCUT2D eigenvalue weighted by Crippen LogP contribution is -2.48. The number of aromatic nitrogens is 2. The number of sulfone groups is 1. The molecule has 0 spiro atoms. The fourth-order valence-electron chi connectivity index (χ4n) is 5.70. The minimum Gasteiger partial charge on any atom is -0.490 e. The Labute approximate surface area is 290 Å². The van der Waals surface area contributed by atoms with Gasteiger partial charge in [-0.3, -0.25) is 9.69 Å². The second-order valence-electron chi connectivity index (χ2n) is 12.1. The SMILES string of the molecule is CC[C@@H]1C[C@H](N(Cc2cc(C(F)(F)F)cc(C(F)(F)F)c2)c2ncc(OCCCS(C)(=O)=O)cn2)c2cc(C)ccc2N1C(=O)OCCC(=O)O. The Morgan fingerprint density at radius 3 is 2.18 bits per heavy atom. The number of carboxylic acids is 1. The number of fused-ring (bicyclic) bond motifs is 1. The van der Waals surface area contributed by atoms with Crippen LogP contribution < -0.4 is 14.5 Å². The van der Waals surface area contributed by atoms with Gasteiger partial charge in [-0.05, 0) is 61.6 Å². The van der Waals surface area contributed by atoms with E-state index in [1.165, 1.54) is 22.2 Å². The smallest absolute Gasteiger partial charge is 0.416 e. The number of alkyl halides is 6. The van der Waals surface area contributed by atoms with Crippen molar-refractivity contribution >= 4 is 33.5 Å². The average molecular weight is 747 g/mol. The van der Waals surface area contributed by atoms with E-state index in [0.717, 1.165) is 11.8 Å². The van der Waals surface area contributed by atoms with Gasteiger partial charge in [-0.15, -0.1) is 0 Å². The molecule has 0 saturated heterocycles. The van der Waals surface area contributed by atoms with E-state index >= 15 is 0 Å². The Balaban J connectivity index is 1.81. The van der Waals surface area contributed by atoms with Gasteiger partial charge >= 0.3 is 24.4 Å². The highest BCUT2D eigenvalue weighted by Gasteiger charge is 2.41. The summed E-state index contributed by atoms with van der Waals surface area (Å²) in [6.45, 7) is 2.63. The van der Waals surface area contributed by atoms with Crippen molar-refractivity contribution in [1.82, 2.24) is 9.97 Å². The number of nitrogens with zero attached hydrogens (tertiary/aromatic N) is 4. The van der Waals surface area contributed by atoms with Crippen LogP contribution in [0.25, 0.3) is 0 Å². The fraction of sp³-hybridized carbons (Fsp3) is 0.455. The molecule has 11 nitrogen and oxygen atoms in total. The maximum Gasteiger partial charge on any atom is 0.416 e. The van der Waals surface area contributed by atoms with Crippen molar-refractivity contribution in [3.63, 3.8) is 0 Å². The number of hydrogen-bond donors (Lipinski definition) is 1. The van der Waals surface area contributed by atoms with Gasteiger partial charge in [0.2, 0.25) is 5.95 Å². The Bertz CT molecular complexity index is 1790. The largest absolute Gasteiger partial charge is 0.490 e. The summed E-state index contributed by atoms with van der Waals surface area (Å²) in [4.78, 5) is 35.8. The lowest BCUT2D eigenvalue weighted by atomic mass is 9.87. The number of ether oxygens (including phenoxy) is 2. The molecule has 51 heavy (non-hydrogen) atoms. The number of carboxylic acid groups (broad SMARTS) is 1. The van der Waals surface area contributed by atoms with Crippen LogP contribution in [-0.2, 0) is 38.3 Å². The summed E-state index contributed by atoms with van der Waals surface area (Å²) in [7, 11) is -3.23. The molecule has 1 amide bonds. The van der Waals surface area contributed by atoms with Gasteiger partial charge in [0.15, 0.2) is 5.75 Å². The number of aryl methyl sites for hydroxylation is 1. The molecule has 1 aliphatic heterocycles. The van der Waals surface area contributed by atoms with E-state index in [2.05, 4.69) is 9.97 Å². The monoisotopic (exact) mass is 746 g/mol. The van der Waals surface area contributed by atoms with Crippen molar-refractivity contribution in [2.45, 2.75) is 70.5 Å². The van der Waals surface area contributed by atoms with E-state index in [1.54, 1.807) is 32.0 Å². The van der Waals surface area contributed by atoms with Gasteiger partial charge < -0.3 is 19.5 Å². The van der Waals surface area contributed by atoms with Crippen molar-refractivity contribution in [2.24, 2.45) is 0 Å². The van der Waals surface area contributed by atoms with Crippen LogP contribution in [0.5, 0.6) is 5.75 Å². The maximum atomic E-state index is 13.8. The molecule has 2 atom stereocenters. The second kappa shape index (κ2) is 15.7. The Morgan fingerprint density at radius 1 is 1.00 bits per heavy atom. The highest BCUT2D eigenvalue weighted by Crippen LogP contribution is 2.44. The molecule has 278 valence electrons. The van der Waals surface area contributed by atoms with Crippen LogP contribution in [0.15, 0.2) is 48.8 Å². The fourth-order valence-corrected chi connectivity index (χ4v) is 6.35. The first-order valence-electron chi connectivity index (χ1n) is 15.7. The molecule has 0 bridgehead atoms. The lowest BCUT2D eigenvalue weighted by molar-refractivity contribution is -0.143. The van der Waals surface area contributed by atoms with E-state index in [0.29, 0.717) is 29.8 Å². The summed E-state index contributed by atoms with van der Waals surface area (Å²) >= 11 is 0. The highest BCUT2D eigenvalue weighted by atomic mass is 32.2. The highest BCUT2D eigenvalue weighted by molar-refractivity contribution is 7.90. The first-order chi connectivity index (χ1) is 23.8. The molecule has 3 aromatic rings. The van der Waals surface area contributed by atoms with Gasteiger partial charge in [0.25, 0.3) is 0 Å². The number of amides is 1. The van der Waals surface area contributed by atoms with Crippen LogP contribution in [0, 0.1) is 6.92 Å². The zero-order valence-electron chi connectivity index (χ0n) is 27.8. The summed E-state index contributed by atoms with van der Waals surface area (Å²) < 4.78 is 117. The number of benzene rings is 2. The van der Waals surface area contributed by atoms with Crippen LogP contribution in [0.3, 0.4) is 0 Å². The standard InChI is InChI=1S/C33H36F6N4O7S/c1-4-24-16-28(26-12-20(2)6-7-27(26)43(24)31(46)50-10-8-29(44)45)42(30-40-17-25(18-41-30)49-9-5-11-51(3,47)48)19-21-13-22(32(34,35)36)15-23(14-21)33(37,38)39/h6-7,12-15,17-18,24,28H,4-5,8-11,16,19H2,1-3H3,(H,44,45)/t24-,28+/m1/s1. The zero-order valence-corrected chi connectivity index (χ0v) is 28.6. The van der Waals surface area contributed by atoms with Crippen molar-refractivity contribution in [1.29, 1.82) is 0 Å². The van der Waals surface area contributed by atoms with Crippen LogP contribution in [0.2, 0.25) is 0 Å². The van der Waals surface area contributed by atoms with E-state index in [4.69, 9.17) is 14.6 Å². The number of aliphatic carboxylic acids is 1. The topological polar surface area (TPSA) is 139 Å². The molecule has 0 unspecified atom stereocenters. The first kappa shape index (κ1) is 39.2. The third-order valence-electron chi connectivity index (χ3n) is 8.05. The average Bonchev–Trinajstić information content (AvgIpc) is 3.03. The van der Waals surface area contributed by atoms with E-state index in [9.17, 15) is 44.3 Å². The quantitative estimate of drug-likeness (QED) is 0.144. The van der Waals surface area contributed by atoms with Gasteiger partial charge in [0.05, 0.1) is 54.0 Å². The number of hydrogen-bond acceptors (Lipinski definition) is 9. The zero-order chi connectivity index (χ0) is 37.7. The molecular formula is C33H36F6N4O7S. The number of rotatable bonds is 13. The third kappa shape index (κ3) is 10.5. The van der Waals surface area contributed by atoms with Crippen LogP contribution >= 0.6 is 0 Å². The summed E-state index contributed by atoms with van der Waals surface area (Å²) in [6.07, 6.45) is -7.20. The van der Waals surface area contributed by atoms with Gasteiger partial charge in [-0.25, -0.2) is 23.2 Å².